The SMILES string of the molecule is CCOC(=O)C1CSC(c2cccc(OC)c2O)=N1. The lowest BCUT2D eigenvalue weighted by molar-refractivity contribution is -0.143. The van der Waals surface area contributed by atoms with Crippen molar-refractivity contribution < 1.29 is 19.4 Å². The predicted octanol–water partition coefficient (Wildman–Crippen LogP) is 1.83. The summed E-state index contributed by atoms with van der Waals surface area (Å²) in [5.74, 6) is 0.638. The first-order valence-electron chi connectivity index (χ1n) is 5.91. The average Bonchev–Trinajstić information content (AvgIpc) is 2.89. The maximum absolute atomic E-state index is 11.6. The quantitative estimate of drug-likeness (QED) is 0.853. The fourth-order valence-electron chi connectivity index (χ4n) is 1.74. The van der Waals surface area contributed by atoms with Gasteiger partial charge in [-0.2, -0.15) is 0 Å². The summed E-state index contributed by atoms with van der Waals surface area (Å²) in [5, 5.41) is 10.7. The number of ether oxygens (including phenoxy) is 2. The number of aliphatic imine (C=N–C) groups is 1. The summed E-state index contributed by atoms with van der Waals surface area (Å²) >= 11 is 1.42. The zero-order valence-electron chi connectivity index (χ0n) is 10.8. The van der Waals surface area contributed by atoms with Gasteiger partial charge >= 0.3 is 5.97 Å². The van der Waals surface area contributed by atoms with Crippen LogP contribution in [0.1, 0.15) is 12.5 Å². The largest absolute Gasteiger partial charge is 0.504 e. The highest BCUT2D eigenvalue weighted by Crippen LogP contribution is 2.34. The van der Waals surface area contributed by atoms with Gasteiger partial charge in [-0.05, 0) is 19.1 Å². The Morgan fingerprint density at radius 3 is 3.05 bits per heavy atom. The van der Waals surface area contributed by atoms with Gasteiger partial charge in [-0.25, -0.2) is 4.79 Å². The number of nitrogens with zero attached hydrogens (tertiary/aromatic N) is 1. The van der Waals surface area contributed by atoms with E-state index in [9.17, 15) is 9.90 Å². The van der Waals surface area contributed by atoms with Crippen molar-refractivity contribution in [3.05, 3.63) is 23.8 Å². The van der Waals surface area contributed by atoms with E-state index in [4.69, 9.17) is 9.47 Å². The van der Waals surface area contributed by atoms with E-state index in [-0.39, 0.29) is 11.7 Å². The zero-order valence-corrected chi connectivity index (χ0v) is 11.6. The summed E-state index contributed by atoms with van der Waals surface area (Å²) in [6, 6.07) is 4.69. The van der Waals surface area contributed by atoms with E-state index >= 15 is 0 Å². The van der Waals surface area contributed by atoms with Crippen molar-refractivity contribution in [1.82, 2.24) is 0 Å². The molecule has 6 heteroatoms. The summed E-state index contributed by atoms with van der Waals surface area (Å²) in [5.41, 5.74) is 0.580. The number of para-hydroxylation sites is 1. The molecular formula is C13H15NO4S. The van der Waals surface area contributed by atoms with Crippen LogP contribution in [0.25, 0.3) is 0 Å². The summed E-state index contributed by atoms with van der Waals surface area (Å²) in [7, 11) is 1.49. The van der Waals surface area contributed by atoms with E-state index in [1.165, 1.54) is 18.9 Å². The third-order valence-corrected chi connectivity index (χ3v) is 3.74. The molecule has 0 saturated heterocycles. The van der Waals surface area contributed by atoms with Crippen molar-refractivity contribution in [2.75, 3.05) is 19.5 Å². The highest BCUT2D eigenvalue weighted by Gasteiger charge is 2.28. The van der Waals surface area contributed by atoms with Gasteiger partial charge in [-0.3, -0.25) is 4.99 Å². The van der Waals surface area contributed by atoms with Crippen LogP contribution in [0.2, 0.25) is 0 Å². The van der Waals surface area contributed by atoms with Gasteiger partial charge in [0.05, 0.1) is 19.3 Å². The van der Waals surface area contributed by atoms with Crippen LogP contribution >= 0.6 is 11.8 Å². The Labute approximate surface area is 115 Å². The highest BCUT2D eigenvalue weighted by atomic mass is 32.2. The molecule has 102 valence electrons. The fraction of sp³-hybridized carbons (Fsp3) is 0.385. The zero-order chi connectivity index (χ0) is 13.8. The molecule has 1 atom stereocenters. The molecule has 1 aliphatic heterocycles. The molecule has 0 aliphatic carbocycles. The minimum absolute atomic E-state index is 0.0424. The number of hydrogen-bond acceptors (Lipinski definition) is 6. The number of phenolic OH excluding ortho intramolecular Hbond substituents is 1. The van der Waals surface area contributed by atoms with Gasteiger partial charge in [0.25, 0.3) is 0 Å². The molecule has 19 heavy (non-hydrogen) atoms. The first-order valence-corrected chi connectivity index (χ1v) is 6.89. The van der Waals surface area contributed by atoms with Gasteiger partial charge in [-0.1, -0.05) is 6.07 Å². The Balaban J connectivity index is 2.24. The van der Waals surface area contributed by atoms with Crippen LogP contribution < -0.4 is 4.74 Å². The van der Waals surface area contributed by atoms with E-state index in [0.717, 1.165) is 0 Å². The van der Waals surface area contributed by atoms with E-state index in [1.807, 2.05) is 0 Å². The monoisotopic (exact) mass is 281 g/mol. The summed E-state index contributed by atoms with van der Waals surface area (Å²) in [6.07, 6.45) is 0. The molecule has 1 aromatic rings. The lowest BCUT2D eigenvalue weighted by atomic mass is 10.2. The molecule has 0 aromatic heterocycles. The molecule has 0 fully saturated rings. The predicted molar refractivity (Wildman–Crippen MR) is 74.1 cm³/mol. The number of benzene rings is 1. The number of aromatic hydroxyl groups is 1. The molecule has 1 aromatic carbocycles. The second-order valence-corrected chi connectivity index (χ2v) is 4.88. The first-order chi connectivity index (χ1) is 9.17. The third-order valence-electron chi connectivity index (χ3n) is 2.66. The van der Waals surface area contributed by atoms with Gasteiger partial charge in [0.2, 0.25) is 0 Å². The summed E-state index contributed by atoms with van der Waals surface area (Å²) in [4.78, 5) is 15.9. The van der Waals surface area contributed by atoms with Crippen LogP contribution in [-0.2, 0) is 9.53 Å². The number of carbonyl (C=O) groups is 1. The van der Waals surface area contributed by atoms with Gasteiger partial charge < -0.3 is 14.6 Å². The lowest BCUT2D eigenvalue weighted by Gasteiger charge is -2.07. The number of methoxy groups -OCH3 is 1. The molecule has 0 saturated carbocycles. The topological polar surface area (TPSA) is 68.1 Å². The Morgan fingerprint density at radius 1 is 1.58 bits per heavy atom. The molecule has 1 N–H and O–H groups in total. The van der Waals surface area contributed by atoms with Crippen molar-refractivity contribution in [2.24, 2.45) is 4.99 Å². The van der Waals surface area contributed by atoms with E-state index in [1.54, 1.807) is 25.1 Å². The van der Waals surface area contributed by atoms with Gasteiger partial charge in [-0.15, -0.1) is 11.8 Å². The average molecular weight is 281 g/mol. The van der Waals surface area contributed by atoms with Gasteiger partial charge in [0.1, 0.15) is 5.04 Å². The number of thioether (sulfide) groups is 1. The van der Waals surface area contributed by atoms with Crippen LogP contribution in [0.15, 0.2) is 23.2 Å². The van der Waals surface area contributed by atoms with Gasteiger partial charge in [0, 0.05) is 5.75 Å². The number of carbonyl (C=O) groups excluding carboxylic acids is 1. The Kier molecular flexibility index (Phi) is 4.31. The van der Waals surface area contributed by atoms with Crippen molar-refractivity contribution in [1.29, 1.82) is 0 Å². The van der Waals surface area contributed by atoms with Crippen molar-refractivity contribution >= 4 is 22.8 Å². The minimum atomic E-state index is -0.495. The molecule has 1 heterocycles. The molecule has 2 rings (SSSR count). The minimum Gasteiger partial charge on any atom is -0.504 e. The third kappa shape index (κ3) is 2.84. The molecule has 1 unspecified atom stereocenters. The second kappa shape index (κ2) is 5.97. The lowest BCUT2D eigenvalue weighted by Crippen LogP contribution is -2.21. The number of esters is 1. The van der Waals surface area contributed by atoms with Crippen LogP contribution in [-0.4, -0.2) is 41.6 Å². The molecular weight excluding hydrogens is 266 g/mol. The van der Waals surface area contributed by atoms with E-state index in [0.29, 0.717) is 28.7 Å². The molecule has 0 radical (unpaired) electrons. The second-order valence-electron chi connectivity index (χ2n) is 3.87. The Hall–Kier alpha value is -1.69. The van der Waals surface area contributed by atoms with Crippen molar-refractivity contribution in [2.45, 2.75) is 13.0 Å². The number of rotatable bonds is 4. The first kappa shape index (κ1) is 13.7. The Bertz CT molecular complexity index is 515. The van der Waals surface area contributed by atoms with Crippen molar-refractivity contribution in [3.8, 4) is 11.5 Å². The normalized spacial score (nSPS) is 18.0. The molecule has 0 bridgehead atoms. The molecule has 0 amide bonds. The molecule has 1 aliphatic rings. The molecule has 5 nitrogen and oxygen atoms in total. The van der Waals surface area contributed by atoms with Crippen molar-refractivity contribution in [3.63, 3.8) is 0 Å². The fourth-order valence-corrected chi connectivity index (χ4v) is 2.79. The Morgan fingerprint density at radius 2 is 2.37 bits per heavy atom. The maximum Gasteiger partial charge on any atom is 0.331 e. The molecule has 0 spiro atoms. The van der Waals surface area contributed by atoms with E-state index < -0.39 is 6.04 Å². The number of hydrogen-bond donors (Lipinski definition) is 1. The van der Waals surface area contributed by atoms with Crippen LogP contribution in [0.4, 0.5) is 0 Å². The van der Waals surface area contributed by atoms with Crippen LogP contribution in [0, 0.1) is 0 Å². The maximum atomic E-state index is 11.6. The van der Waals surface area contributed by atoms with Gasteiger partial charge in [0.15, 0.2) is 17.5 Å². The summed E-state index contributed by atoms with van der Waals surface area (Å²) < 4.78 is 9.99. The van der Waals surface area contributed by atoms with Crippen LogP contribution in [0.3, 0.4) is 0 Å². The standard InChI is InChI=1S/C13H15NO4S/c1-3-18-13(16)9-7-19-12(14-9)8-5-4-6-10(17-2)11(8)15/h4-6,9,15H,3,7H2,1-2H3. The van der Waals surface area contributed by atoms with E-state index in [2.05, 4.69) is 4.99 Å². The smallest absolute Gasteiger partial charge is 0.331 e. The summed E-state index contributed by atoms with van der Waals surface area (Å²) in [6.45, 7) is 2.10. The van der Waals surface area contributed by atoms with Crippen LogP contribution in [0.5, 0.6) is 11.5 Å². The highest BCUT2D eigenvalue weighted by molar-refractivity contribution is 8.14. The number of phenols is 1.